The van der Waals surface area contributed by atoms with Crippen molar-refractivity contribution >= 4 is 27.6 Å². The summed E-state index contributed by atoms with van der Waals surface area (Å²) in [5.74, 6) is -3.31. The van der Waals surface area contributed by atoms with Crippen LogP contribution in [0.2, 0.25) is 0 Å². The van der Waals surface area contributed by atoms with Crippen LogP contribution in [-0.2, 0) is 35.4 Å². The van der Waals surface area contributed by atoms with Gasteiger partial charge >= 0.3 is 11.9 Å². The minimum atomic E-state index is -3.71. The average molecular weight is 450 g/mol. The Balaban J connectivity index is 2.64. The Morgan fingerprint density at radius 2 is 1.55 bits per heavy atom. The summed E-state index contributed by atoms with van der Waals surface area (Å²) in [5, 5.41) is -0.0519. The van der Waals surface area contributed by atoms with Crippen molar-refractivity contribution in [2.24, 2.45) is 5.92 Å². The minimum absolute atomic E-state index is 0.0519. The van der Waals surface area contributed by atoms with E-state index in [1.165, 1.54) is 10.6 Å². The maximum Gasteiger partial charge on any atom is 0.320 e. The van der Waals surface area contributed by atoms with E-state index < -0.39 is 27.7 Å². The third kappa shape index (κ3) is 5.41. The normalized spacial score (nSPS) is 11.6. The summed E-state index contributed by atoms with van der Waals surface area (Å²) in [6.07, 6.45) is 0.959. The molecule has 1 heterocycles. The summed E-state index contributed by atoms with van der Waals surface area (Å²) < 4.78 is 35.7. The molecule has 0 aliphatic heterocycles. The number of carbonyl (C=O) groups is 3. The monoisotopic (exact) mass is 449 g/mol. The molecule has 0 atom stereocenters. The van der Waals surface area contributed by atoms with Crippen molar-refractivity contribution < 1.29 is 32.3 Å². The second kappa shape index (κ2) is 9.91. The van der Waals surface area contributed by atoms with Gasteiger partial charge in [0.15, 0.2) is 15.8 Å². The molecule has 0 saturated carbocycles. The molecule has 2 aromatic rings. The summed E-state index contributed by atoms with van der Waals surface area (Å²) in [4.78, 5) is 37.5. The van der Waals surface area contributed by atoms with Gasteiger partial charge in [0, 0.05) is 18.4 Å². The van der Waals surface area contributed by atoms with Gasteiger partial charge < -0.3 is 14.0 Å². The van der Waals surface area contributed by atoms with Crippen molar-refractivity contribution in [3.8, 4) is 0 Å². The Kier molecular flexibility index (Phi) is 7.78. The van der Waals surface area contributed by atoms with E-state index in [1.807, 2.05) is 13.8 Å². The van der Waals surface area contributed by atoms with E-state index in [0.29, 0.717) is 11.1 Å². The number of methoxy groups -OCH3 is 2. The molecule has 0 fully saturated rings. The van der Waals surface area contributed by atoms with Gasteiger partial charge in [-0.1, -0.05) is 44.2 Å². The lowest BCUT2D eigenvalue weighted by atomic mass is 9.98. The second-order valence-electron chi connectivity index (χ2n) is 7.45. The molecule has 0 radical (unpaired) electrons. The number of esters is 2. The molecule has 0 aliphatic rings. The number of nitrogens with zero attached hydrogens (tertiary/aromatic N) is 1. The Hall–Kier alpha value is -2.94. The maximum absolute atomic E-state index is 13.4. The van der Waals surface area contributed by atoms with E-state index in [0.717, 1.165) is 20.5 Å². The van der Waals surface area contributed by atoms with Crippen molar-refractivity contribution in [2.45, 2.75) is 37.8 Å². The average Bonchev–Trinajstić information content (AvgIpc) is 3.13. The molecule has 168 valence electrons. The number of carbonyl (C=O) groups excluding carboxylic acids is 3. The molecule has 0 amide bonds. The molecule has 1 aromatic heterocycles. The van der Waals surface area contributed by atoms with Crippen LogP contribution in [0.15, 0.2) is 41.4 Å². The fraction of sp³-hybridized carbons (Fsp3) is 0.409. The quantitative estimate of drug-likeness (QED) is 0.329. The van der Waals surface area contributed by atoms with Gasteiger partial charge in [0.05, 0.1) is 19.9 Å². The van der Waals surface area contributed by atoms with Crippen molar-refractivity contribution in [3.63, 3.8) is 0 Å². The highest BCUT2D eigenvalue weighted by Gasteiger charge is 2.32. The van der Waals surface area contributed by atoms with Crippen molar-refractivity contribution in [3.05, 3.63) is 53.2 Å². The zero-order valence-electron chi connectivity index (χ0n) is 18.2. The Bertz CT molecular complexity index is 1050. The van der Waals surface area contributed by atoms with Crippen LogP contribution >= 0.6 is 0 Å². The third-order valence-electron chi connectivity index (χ3n) is 4.95. The summed E-state index contributed by atoms with van der Waals surface area (Å²) in [6, 6.07) is 10.0. The zero-order valence-corrected chi connectivity index (χ0v) is 19.1. The number of hydrogen-bond acceptors (Lipinski definition) is 7. The molecular weight excluding hydrogens is 422 g/mol. The molecule has 2 rings (SSSR count). The van der Waals surface area contributed by atoms with Gasteiger partial charge in [-0.2, -0.15) is 0 Å². The third-order valence-corrected chi connectivity index (χ3v) is 6.05. The highest BCUT2D eigenvalue weighted by molar-refractivity contribution is 7.90. The SMILES string of the molecule is COC(=O)C(CCn1c(S(C)(=O)=O)cc(C(C)C)c1C(=O)c1ccccc1)C(=O)OC. The van der Waals surface area contributed by atoms with E-state index in [2.05, 4.69) is 9.47 Å². The number of aromatic nitrogens is 1. The molecule has 8 nitrogen and oxygen atoms in total. The summed E-state index contributed by atoms with van der Waals surface area (Å²) >= 11 is 0. The van der Waals surface area contributed by atoms with E-state index in [-0.39, 0.29) is 35.4 Å². The van der Waals surface area contributed by atoms with Gasteiger partial charge in [-0.15, -0.1) is 0 Å². The van der Waals surface area contributed by atoms with Gasteiger partial charge in [0.25, 0.3) is 0 Å². The first-order chi connectivity index (χ1) is 14.5. The minimum Gasteiger partial charge on any atom is -0.468 e. The smallest absolute Gasteiger partial charge is 0.320 e. The highest BCUT2D eigenvalue weighted by Crippen LogP contribution is 2.30. The topological polar surface area (TPSA) is 109 Å². The molecule has 9 heteroatoms. The van der Waals surface area contributed by atoms with Crippen LogP contribution in [0.1, 0.15) is 47.8 Å². The summed E-state index contributed by atoms with van der Waals surface area (Å²) in [6.45, 7) is 3.65. The van der Waals surface area contributed by atoms with Gasteiger partial charge in [0.2, 0.25) is 5.78 Å². The number of benzene rings is 1. The first-order valence-electron chi connectivity index (χ1n) is 9.71. The fourth-order valence-corrected chi connectivity index (χ4v) is 4.29. The van der Waals surface area contributed by atoms with E-state index in [9.17, 15) is 22.8 Å². The molecule has 0 saturated heterocycles. The van der Waals surface area contributed by atoms with E-state index >= 15 is 0 Å². The standard InChI is InChI=1S/C22H27NO7S/c1-14(2)17-13-18(31(5,27)28)23(12-11-16(21(25)29-3)22(26)30-4)19(17)20(24)15-9-7-6-8-10-15/h6-10,13-14,16H,11-12H2,1-5H3. The van der Waals surface area contributed by atoms with E-state index in [1.54, 1.807) is 30.3 Å². The number of ketones is 1. The first kappa shape index (κ1) is 24.3. The second-order valence-corrected chi connectivity index (χ2v) is 9.41. The zero-order chi connectivity index (χ0) is 23.3. The predicted octanol–water partition coefficient (Wildman–Crippen LogP) is 2.60. The van der Waals surface area contributed by atoms with Gasteiger partial charge in [0.1, 0.15) is 5.03 Å². The summed E-state index contributed by atoms with van der Waals surface area (Å²) in [7, 11) is -1.41. The lowest BCUT2D eigenvalue weighted by Crippen LogP contribution is -2.28. The van der Waals surface area contributed by atoms with Crippen LogP contribution in [0.25, 0.3) is 0 Å². The van der Waals surface area contributed by atoms with Crippen LogP contribution in [0, 0.1) is 5.92 Å². The van der Waals surface area contributed by atoms with Crippen LogP contribution in [0.4, 0.5) is 0 Å². The largest absolute Gasteiger partial charge is 0.468 e. The number of hydrogen-bond donors (Lipinski definition) is 0. The van der Waals surface area contributed by atoms with Gasteiger partial charge in [-0.25, -0.2) is 8.42 Å². The Morgan fingerprint density at radius 1 is 1.00 bits per heavy atom. The molecule has 0 aliphatic carbocycles. The number of sulfone groups is 1. The van der Waals surface area contributed by atoms with Crippen LogP contribution < -0.4 is 0 Å². The number of ether oxygens (including phenoxy) is 2. The highest BCUT2D eigenvalue weighted by atomic mass is 32.2. The Labute approximate surface area is 182 Å². The molecule has 0 N–H and O–H groups in total. The molecule has 0 bridgehead atoms. The summed E-state index contributed by atoms with van der Waals surface area (Å²) in [5.41, 5.74) is 1.19. The first-order valence-corrected chi connectivity index (χ1v) is 11.6. The predicted molar refractivity (Wildman–Crippen MR) is 114 cm³/mol. The number of rotatable bonds is 9. The molecule has 31 heavy (non-hydrogen) atoms. The molecule has 0 unspecified atom stereocenters. The van der Waals surface area contributed by atoms with Crippen molar-refractivity contribution in [1.82, 2.24) is 4.57 Å². The van der Waals surface area contributed by atoms with Crippen LogP contribution in [0.5, 0.6) is 0 Å². The lowest BCUT2D eigenvalue weighted by molar-refractivity contribution is -0.159. The van der Waals surface area contributed by atoms with Crippen molar-refractivity contribution in [1.29, 1.82) is 0 Å². The molecular formula is C22H27NO7S. The maximum atomic E-state index is 13.4. The fourth-order valence-electron chi connectivity index (χ4n) is 3.37. The van der Waals surface area contributed by atoms with Crippen molar-refractivity contribution in [2.75, 3.05) is 20.5 Å². The van der Waals surface area contributed by atoms with Gasteiger partial charge in [-0.3, -0.25) is 14.4 Å². The van der Waals surface area contributed by atoms with Crippen LogP contribution in [-0.4, -0.2) is 51.2 Å². The lowest BCUT2D eigenvalue weighted by Gasteiger charge is -2.17. The molecule has 0 spiro atoms. The Morgan fingerprint density at radius 3 is 2.00 bits per heavy atom. The molecule has 1 aromatic carbocycles. The van der Waals surface area contributed by atoms with Gasteiger partial charge in [-0.05, 0) is 24.0 Å². The van der Waals surface area contributed by atoms with Crippen LogP contribution in [0.3, 0.4) is 0 Å². The van der Waals surface area contributed by atoms with E-state index in [4.69, 9.17) is 0 Å².